The first kappa shape index (κ1) is 20.1. The Bertz CT molecular complexity index is 1060. The molecule has 146 valence electrons. The van der Waals surface area contributed by atoms with Gasteiger partial charge in [-0.2, -0.15) is 0 Å². The predicted octanol–water partition coefficient (Wildman–Crippen LogP) is 3.13. The van der Waals surface area contributed by atoms with Crippen molar-refractivity contribution in [1.82, 2.24) is 9.55 Å². The number of aliphatic hydroxyl groups is 1. The van der Waals surface area contributed by atoms with Crippen molar-refractivity contribution < 1.29 is 9.90 Å². The fourth-order valence-electron chi connectivity index (χ4n) is 2.83. The van der Waals surface area contributed by atoms with Crippen LogP contribution in [-0.2, 0) is 11.3 Å². The molecule has 1 heterocycles. The first-order valence-electron chi connectivity index (χ1n) is 9.10. The number of nitrogens with one attached hydrogen (secondary N) is 1. The minimum atomic E-state index is -0.163. The van der Waals surface area contributed by atoms with Crippen LogP contribution in [0.5, 0.6) is 0 Å². The summed E-state index contributed by atoms with van der Waals surface area (Å²) in [6.45, 7) is 4.36. The number of hydrogen-bond donors (Lipinski definition) is 2. The smallest absolute Gasteiger partial charge is 0.262 e. The summed E-state index contributed by atoms with van der Waals surface area (Å²) in [7, 11) is 0. The summed E-state index contributed by atoms with van der Waals surface area (Å²) in [5, 5.41) is 13.0. The summed E-state index contributed by atoms with van der Waals surface area (Å²) < 4.78 is 1.53. The molecule has 0 unspecified atom stereocenters. The Hall–Kier alpha value is -2.64. The molecule has 6 nitrogen and oxygen atoms in total. The van der Waals surface area contributed by atoms with Crippen LogP contribution in [0.1, 0.15) is 17.5 Å². The summed E-state index contributed by atoms with van der Waals surface area (Å²) in [5.41, 5.74) is 3.47. The van der Waals surface area contributed by atoms with Gasteiger partial charge in [0.25, 0.3) is 5.56 Å². The molecule has 2 N–H and O–H groups in total. The van der Waals surface area contributed by atoms with Crippen LogP contribution in [0.3, 0.4) is 0 Å². The number of aryl methyl sites for hydroxylation is 2. The maximum Gasteiger partial charge on any atom is 0.262 e. The van der Waals surface area contributed by atoms with Gasteiger partial charge < -0.3 is 10.4 Å². The van der Waals surface area contributed by atoms with Crippen molar-refractivity contribution in [3.05, 3.63) is 63.9 Å². The standard InChI is InChI=1S/C21H23N3O3S/c1-14-8-9-16(12-15(14)2)22-19(26)13-28-21-23-18-7-4-3-6-17(18)20(27)24(21)10-5-11-25/h3-4,6-9,12,25H,5,10-11,13H2,1-2H3,(H,22,26). The Kier molecular flexibility index (Phi) is 6.49. The molecule has 0 radical (unpaired) electrons. The molecule has 0 bridgehead atoms. The molecule has 0 spiro atoms. The lowest BCUT2D eigenvalue weighted by molar-refractivity contribution is -0.113. The van der Waals surface area contributed by atoms with Crippen molar-refractivity contribution in [1.29, 1.82) is 0 Å². The van der Waals surface area contributed by atoms with Crippen molar-refractivity contribution in [3.63, 3.8) is 0 Å². The van der Waals surface area contributed by atoms with E-state index >= 15 is 0 Å². The third kappa shape index (κ3) is 4.61. The van der Waals surface area contributed by atoms with Crippen molar-refractivity contribution in [2.45, 2.75) is 32.0 Å². The number of carbonyl (C=O) groups excluding carboxylic acids is 1. The first-order chi connectivity index (χ1) is 13.5. The number of thioether (sulfide) groups is 1. The molecule has 1 amide bonds. The Morgan fingerprint density at radius 1 is 1.18 bits per heavy atom. The van der Waals surface area contributed by atoms with E-state index in [9.17, 15) is 9.59 Å². The highest BCUT2D eigenvalue weighted by molar-refractivity contribution is 7.99. The molecule has 0 fully saturated rings. The highest BCUT2D eigenvalue weighted by atomic mass is 32.2. The molecule has 0 saturated carbocycles. The maximum absolute atomic E-state index is 12.8. The molecule has 3 aromatic rings. The molecule has 1 aromatic heterocycles. The number of nitrogens with zero attached hydrogens (tertiary/aromatic N) is 2. The fourth-order valence-corrected chi connectivity index (χ4v) is 3.66. The maximum atomic E-state index is 12.8. The normalized spacial score (nSPS) is 11.0. The van der Waals surface area contributed by atoms with Crippen LogP contribution in [0.4, 0.5) is 5.69 Å². The minimum absolute atomic E-state index is 0.0172. The third-order valence-corrected chi connectivity index (χ3v) is 5.47. The number of carbonyl (C=O) groups is 1. The summed E-state index contributed by atoms with van der Waals surface area (Å²) >= 11 is 1.22. The van der Waals surface area contributed by atoms with E-state index in [1.165, 1.54) is 21.9 Å². The highest BCUT2D eigenvalue weighted by Crippen LogP contribution is 2.19. The number of amides is 1. The van der Waals surface area contributed by atoms with Crippen molar-refractivity contribution in [3.8, 4) is 0 Å². The van der Waals surface area contributed by atoms with Gasteiger partial charge in [0.1, 0.15) is 0 Å². The Labute approximate surface area is 167 Å². The van der Waals surface area contributed by atoms with Gasteiger partial charge in [0.05, 0.1) is 16.7 Å². The number of hydrogen-bond acceptors (Lipinski definition) is 5. The van der Waals surface area contributed by atoms with Gasteiger partial charge in [-0.25, -0.2) is 4.98 Å². The van der Waals surface area contributed by atoms with E-state index < -0.39 is 0 Å². The molecule has 0 aliphatic carbocycles. The molecule has 0 saturated heterocycles. The van der Waals surface area contributed by atoms with E-state index in [0.29, 0.717) is 29.0 Å². The van der Waals surface area contributed by atoms with Gasteiger partial charge in [-0.05, 0) is 55.7 Å². The SMILES string of the molecule is Cc1ccc(NC(=O)CSc2nc3ccccc3c(=O)n2CCCO)cc1C. The second-order valence-electron chi connectivity index (χ2n) is 6.58. The zero-order chi connectivity index (χ0) is 20.1. The second-order valence-corrected chi connectivity index (χ2v) is 7.52. The lowest BCUT2D eigenvalue weighted by atomic mass is 10.1. The highest BCUT2D eigenvalue weighted by Gasteiger charge is 2.13. The topological polar surface area (TPSA) is 84.2 Å². The van der Waals surface area contributed by atoms with Gasteiger partial charge in [0.15, 0.2) is 5.16 Å². The van der Waals surface area contributed by atoms with E-state index in [0.717, 1.165) is 11.3 Å². The molecule has 7 heteroatoms. The summed E-state index contributed by atoms with van der Waals surface area (Å²) in [5.74, 6) is -0.0269. The summed E-state index contributed by atoms with van der Waals surface area (Å²) in [4.78, 5) is 29.7. The van der Waals surface area contributed by atoms with Gasteiger partial charge >= 0.3 is 0 Å². The van der Waals surface area contributed by atoms with E-state index in [4.69, 9.17) is 5.11 Å². The molecule has 0 aliphatic heterocycles. The first-order valence-corrected chi connectivity index (χ1v) is 10.1. The number of anilines is 1. The van der Waals surface area contributed by atoms with Crippen LogP contribution in [0, 0.1) is 13.8 Å². The largest absolute Gasteiger partial charge is 0.396 e. The van der Waals surface area contributed by atoms with Crippen molar-refractivity contribution in [2.75, 3.05) is 17.7 Å². The number of aromatic nitrogens is 2. The lowest BCUT2D eigenvalue weighted by Gasteiger charge is -2.13. The van der Waals surface area contributed by atoms with Crippen molar-refractivity contribution >= 4 is 34.3 Å². The van der Waals surface area contributed by atoms with Gasteiger partial charge in [-0.1, -0.05) is 30.0 Å². The molecule has 0 aliphatic rings. The van der Waals surface area contributed by atoms with Gasteiger partial charge in [-0.3, -0.25) is 14.2 Å². The van der Waals surface area contributed by atoms with Crippen LogP contribution in [-0.4, -0.2) is 32.9 Å². The van der Waals surface area contributed by atoms with Crippen molar-refractivity contribution in [2.24, 2.45) is 0 Å². The Morgan fingerprint density at radius 3 is 2.71 bits per heavy atom. The monoisotopic (exact) mass is 397 g/mol. The number of aliphatic hydroxyl groups excluding tert-OH is 1. The van der Waals surface area contributed by atoms with Crippen LogP contribution >= 0.6 is 11.8 Å². The number of fused-ring (bicyclic) bond motifs is 1. The minimum Gasteiger partial charge on any atom is -0.396 e. The van der Waals surface area contributed by atoms with Crippen LogP contribution < -0.4 is 10.9 Å². The fraction of sp³-hybridized carbons (Fsp3) is 0.286. The molecule has 28 heavy (non-hydrogen) atoms. The zero-order valence-corrected chi connectivity index (χ0v) is 16.8. The second kappa shape index (κ2) is 9.03. The van der Waals surface area contributed by atoms with E-state index in [1.807, 2.05) is 38.1 Å². The van der Waals surface area contributed by atoms with Gasteiger partial charge in [-0.15, -0.1) is 0 Å². The third-order valence-electron chi connectivity index (χ3n) is 4.49. The van der Waals surface area contributed by atoms with E-state index in [2.05, 4.69) is 10.3 Å². The molecular formula is C21H23N3O3S. The number of benzene rings is 2. The Balaban J connectivity index is 1.79. The van der Waals surface area contributed by atoms with Crippen LogP contribution in [0.15, 0.2) is 52.4 Å². The van der Waals surface area contributed by atoms with Gasteiger partial charge in [0.2, 0.25) is 5.91 Å². The van der Waals surface area contributed by atoms with Crippen LogP contribution in [0.25, 0.3) is 10.9 Å². The zero-order valence-electron chi connectivity index (χ0n) is 15.9. The quantitative estimate of drug-likeness (QED) is 0.473. The lowest BCUT2D eigenvalue weighted by Crippen LogP contribution is -2.24. The number of para-hydroxylation sites is 1. The predicted molar refractivity (Wildman–Crippen MR) is 113 cm³/mol. The molecule has 2 aromatic carbocycles. The molecule has 0 atom stereocenters. The molecule has 3 rings (SSSR count). The Morgan fingerprint density at radius 2 is 1.96 bits per heavy atom. The average molecular weight is 398 g/mol. The van der Waals surface area contributed by atoms with E-state index in [1.54, 1.807) is 18.2 Å². The summed E-state index contributed by atoms with van der Waals surface area (Å²) in [6, 6.07) is 12.9. The van der Waals surface area contributed by atoms with Crippen LogP contribution in [0.2, 0.25) is 0 Å². The number of rotatable bonds is 7. The average Bonchev–Trinajstić information content (AvgIpc) is 2.69. The van der Waals surface area contributed by atoms with E-state index in [-0.39, 0.29) is 23.8 Å². The van der Waals surface area contributed by atoms with Gasteiger partial charge in [0, 0.05) is 18.8 Å². The summed E-state index contributed by atoms with van der Waals surface area (Å²) in [6.07, 6.45) is 0.447. The molecular weight excluding hydrogens is 374 g/mol.